The number of hydrogen-bond donors (Lipinski definition) is 0. The monoisotopic (exact) mass is 179 g/mol. The quantitative estimate of drug-likeness (QED) is 0.609. The summed E-state index contributed by atoms with van der Waals surface area (Å²) in [6, 6.07) is 0. The lowest BCUT2D eigenvalue weighted by molar-refractivity contribution is -0.125. The van der Waals surface area contributed by atoms with Crippen molar-refractivity contribution in [3.8, 4) is 0 Å². The molecule has 1 amide bonds. The van der Waals surface area contributed by atoms with E-state index in [1.165, 1.54) is 12.5 Å². The summed E-state index contributed by atoms with van der Waals surface area (Å²) in [7, 11) is 1.73. The summed E-state index contributed by atoms with van der Waals surface area (Å²) in [5, 5.41) is 0. The zero-order chi connectivity index (χ0) is 10.4. The molecule has 0 aliphatic heterocycles. The molecule has 0 spiro atoms. The minimum atomic E-state index is 0.00769. The van der Waals surface area contributed by atoms with Crippen molar-refractivity contribution in [1.82, 2.24) is 4.90 Å². The third-order valence-corrected chi connectivity index (χ3v) is 1.66. The lowest BCUT2D eigenvalue weighted by Gasteiger charge is -2.15. The zero-order valence-corrected chi connectivity index (χ0v) is 8.79. The highest BCUT2D eigenvalue weighted by molar-refractivity contribution is 5.75. The van der Waals surface area contributed by atoms with Crippen LogP contribution in [0.1, 0.15) is 20.8 Å². The average Bonchev–Trinajstić information content (AvgIpc) is 2.04. The summed E-state index contributed by atoms with van der Waals surface area (Å²) in [6.45, 7) is 9.19. The number of allylic oxidation sites excluding steroid dienone is 4. The van der Waals surface area contributed by atoms with Crippen LogP contribution in [-0.2, 0) is 4.79 Å². The van der Waals surface area contributed by atoms with Gasteiger partial charge in [-0.3, -0.25) is 4.79 Å². The van der Waals surface area contributed by atoms with Gasteiger partial charge >= 0.3 is 0 Å². The first-order valence-corrected chi connectivity index (χ1v) is 4.21. The second kappa shape index (κ2) is 5.36. The Morgan fingerprint density at radius 1 is 1.23 bits per heavy atom. The largest absolute Gasteiger partial charge is 0.316 e. The molecule has 0 aliphatic carbocycles. The second-order valence-electron chi connectivity index (χ2n) is 3.12. The van der Waals surface area contributed by atoms with E-state index in [1.807, 2.05) is 26.0 Å². The van der Waals surface area contributed by atoms with Crippen LogP contribution in [0.5, 0.6) is 0 Å². The van der Waals surface area contributed by atoms with Crippen molar-refractivity contribution in [3.05, 3.63) is 36.1 Å². The molecule has 0 N–H and O–H groups in total. The van der Waals surface area contributed by atoms with Gasteiger partial charge in [-0.05, 0) is 26.0 Å². The summed E-state index contributed by atoms with van der Waals surface area (Å²) < 4.78 is 0. The Labute approximate surface area is 80.2 Å². The fourth-order valence-corrected chi connectivity index (χ4v) is 0.751. The van der Waals surface area contributed by atoms with Crippen LogP contribution in [0.3, 0.4) is 0 Å². The number of likely N-dealkylation sites (N-methyl/N-ethyl adjacent to an activating group) is 1. The van der Waals surface area contributed by atoms with Crippen LogP contribution in [0.4, 0.5) is 0 Å². The van der Waals surface area contributed by atoms with E-state index in [4.69, 9.17) is 0 Å². The topological polar surface area (TPSA) is 20.3 Å². The first-order chi connectivity index (χ1) is 5.99. The highest BCUT2D eigenvalue weighted by Gasteiger charge is 2.03. The van der Waals surface area contributed by atoms with Crippen molar-refractivity contribution < 1.29 is 4.79 Å². The molecule has 0 atom stereocenters. The normalized spacial score (nSPS) is 10.6. The van der Waals surface area contributed by atoms with E-state index in [0.717, 1.165) is 5.70 Å². The number of nitrogens with zero attached hydrogens (tertiary/aromatic N) is 1. The maximum Gasteiger partial charge on any atom is 0.223 e. The smallest absolute Gasteiger partial charge is 0.223 e. The van der Waals surface area contributed by atoms with E-state index < -0.39 is 0 Å². The average molecular weight is 179 g/mol. The molecule has 0 aromatic carbocycles. The molecule has 0 rings (SSSR count). The maximum absolute atomic E-state index is 11.0. The maximum atomic E-state index is 11.0. The molecule has 13 heavy (non-hydrogen) atoms. The SMILES string of the molecule is C=C/C(=C\C=C(C)C)N(C)C(C)=O. The number of rotatable bonds is 3. The van der Waals surface area contributed by atoms with Crippen LogP contribution >= 0.6 is 0 Å². The van der Waals surface area contributed by atoms with Gasteiger partial charge in [0, 0.05) is 19.7 Å². The Balaban J connectivity index is 4.69. The molecule has 0 bridgehead atoms. The zero-order valence-electron chi connectivity index (χ0n) is 8.79. The van der Waals surface area contributed by atoms with Crippen LogP contribution in [0.15, 0.2) is 36.1 Å². The molecule has 0 aliphatic rings. The molecular weight excluding hydrogens is 162 g/mol. The minimum absolute atomic E-state index is 0.00769. The molecule has 2 nitrogen and oxygen atoms in total. The molecule has 0 fully saturated rings. The van der Waals surface area contributed by atoms with E-state index in [9.17, 15) is 4.79 Å². The van der Waals surface area contributed by atoms with Gasteiger partial charge in [-0.15, -0.1) is 0 Å². The Hall–Kier alpha value is -1.31. The van der Waals surface area contributed by atoms with Crippen molar-refractivity contribution in [2.45, 2.75) is 20.8 Å². The standard InChI is InChI=1S/C11H17NO/c1-6-11(8-7-9(2)3)12(5)10(4)13/h6-8H,1H2,2-5H3/b11-8+. The van der Waals surface area contributed by atoms with E-state index in [-0.39, 0.29) is 5.91 Å². The third kappa shape index (κ3) is 4.31. The Bertz CT molecular complexity index is 257. The number of carbonyl (C=O) groups excluding carboxylic acids is 1. The predicted octanol–water partition coefficient (Wildman–Crippen LogP) is 2.50. The third-order valence-electron chi connectivity index (χ3n) is 1.66. The lowest BCUT2D eigenvalue weighted by atomic mass is 10.2. The predicted molar refractivity (Wildman–Crippen MR) is 56.2 cm³/mol. The minimum Gasteiger partial charge on any atom is -0.316 e. The van der Waals surface area contributed by atoms with Gasteiger partial charge in [0.2, 0.25) is 5.91 Å². The number of carbonyl (C=O) groups is 1. The van der Waals surface area contributed by atoms with E-state index in [2.05, 4.69) is 6.58 Å². The van der Waals surface area contributed by atoms with Gasteiger partial charge < -0.3 is 4.90 Å². The van der Waals surface area contributed by atoms with Crippen molar-refractivity contribution in [1.29, 1.82) is 0 Å². The summed E-state index contributed by atoms with van der Waals surface area (Å²) in [4.78, 5) is 12.6. The van der Waals surface area contributed by atoms with Crippen molar-refractivity contribution >= 4 is 5.91 Å². The fourth-order valence-electron chi connectivity index (χ4n) is 0.751. The number of hydrogen-bond acceptors (Lipinski definition) is 1. The highest BCUT2D eigenvalue weighted by atomic mass is 16.2. The van der Waals surface area contributed by atoms with Crippen LogP contribution in [0.25, 0.3) is 0 Å². The second-order valence-corrected chi connectivity index (χ2v) is 3.12. The van der Waals surface area contributed by atoms with Gasteiger partial charge in [-0.1, -0.05) is 18.2 Å². The number of amides is 1. The highest BCUT2D eigenvalue weighted by Crippen LogP contribution is 2.04. The molecular formula is C11H17NO. The van der Waals surface area contributed by atoms with Crippen molar-refractivity contribution in [2.75, 3.05) is 7.05 Å². The Kier molecular flexibility index (Phi) is 4.82. The molecule has 0 saturated heterocycles. The van der Waals surface area contributed by atoms with Crippen LogP contribution in [0, 0.1) is 0 Å². The van der Waals surface area contributed by atoms with Gasteiger partial charge in [0.05, 0.1) is 0 Å². The van der Waals surface area contributed by atoms with Gasteiger partial charge in [0.15, 0.2) is 0 Å². The molecule has 0 heterocycles. The van der Waals surface area contributed by atoms with E-state index >= 15 is 0 Å². The molecule has 0 aromatic heterocycles. The van der Waals surface area contributed by atoms with Crippen LogP contribution < -0.4 is 0 Å². The molecule has 0 unspecified atom stereocenters. The lowest BCUT2D eigenvalue weighted by Crippen LogP contribution is -2.21. The summed E-state index contributed by atoms with van der Waals surface area (Å²) in [5.41, 5.74) is 2.00. The van der Waals surface area contributed by atoms with Crippen LogP contribution in [-0.4, -0.2) is 17.9 Å². The Morgan fingerprint density at radius 3 is 2.08 bits per heavy atom. The van der Waals surface area contributed by atoms with E-state index in [0.29, 0.717) is 0 Å². The molecule has 72 valence electrons. The van der Waals surface area contributed by atoms with Gasteiger partial charge in [-0.25, -0.2) is 0 Å². The molecule has 2 heteroatoms. The summed E-state index contributed by atoms with van der Waals surface area (Å²) in [6.07, 6.45) is 5.50. The van der Waals surface area contributed by atoms with Crippen molar-refractivity contribution in [2.24, 2.45) is 0 Å². The summed E-state index contributed by atoms with van der Waals surface area (Å²) in [5.74, 6) is 0.00769. The van der Waals surface area contributed by atoms with Gasteiger partial charge in [0.1, 0.15) is 0 Å². The fraction of sp³-hybridized carbons (Fsp3) is 0.364. The van der Waals surface area contributed by atoms with E-state index in [1.54, 1.807) is 18.0 Å². The Morgan fingerprint density at radius 2 is 1.77 bits per heavy atom. The van der Waals surface area contributed by atoms with Gasteiger partial charge in [-0.2, -0.15) is 0 Å². The molecule has 0 radical (unpaired) electrons. The van der Waals surface area contributed by atoms with Crippen molar-refractivity contribution in [3.63, 3.8) is 0 Å². The van der Waals surface area contributed by atoms with Gasteiger partial charge in [0.25, 0.3) is 0 Å². The van der Waals surface area contributed by atoms with Crippen LogP contribution in [0.2, 0.25) is 0 Å². The summed E-state index contributed by atoms with van der Waals surface area (Å²) >= 11 is 0. The molecule has 0 aromatic rings. The first kappa shape index (κ1) is 11.7. The first-order valence-electron chi connectivity index (χ1n) is 4.21. The molecule has 0 saturated carbocycles.